The molecule has 204 valence electrons. The van der Waals surface area contributed by atoms with Crippen LogP contribution >= 0.6 is 31.9 Å². The summed E-state index contributed by atoms with van der Waals surface area (Å²) in [5.74, 6) is -2.40. The lowest BCUT2D eigenvalue weighted by atomic mass is 9.98. The van der Waals surface area contributed by atoms with Gasteiger partial charge in [0.1, 0.15) is 0 Å². The van der Waals surface area contributed by atoms with Crippen molar-refractivity contribution in [1.82, 2.24) is 0 Å². The number of nitrogen functional groups attached to an aromatic ring is 2. The lowest BCUT2D eigenvalue weighted by molar-refractivity contribution is -0.137. The largest absolute Gasteiger partial charge is 0.481 e. The predicted octanol–water partition coefficient (Wildman–Crippen LogP) is 5.78. The van der Waals surface area contributed by atoms with Gasteiger partial charge in [-0.1, -0.05) is 56.1 Å². The second kappa shape index (κ2) is 13.7. The van der Waals surface area contributed by atoms with Crippen molar-refractivity contribution in [1.29, 1.82) is 0 Å². The zero-order valence-electron chi connectivity index (χ0n) is 20.9. The summed E-state index contributed by atoms with van der Waals surface area (Å²) in [6.07, 6.45) is -0.402. The van der Waals surface area contributed by atoms with Crippen molar-refractivity contribution in [3.8, 4) is 0 Å². The Kier molecular flexibility index (Phi) is 10.4. The fourth-order valence-electron chi connectivity index (χ4n) is 3.77. The maximum atomic E-state index is 12.4. The summed E-state index contributed by atoms with van der Waals surface area (Å²) in [5, 5.41) is 17.6. The number of benzene rings is 4. The molecule has 0 atom stereocenters. The normalized spacial score (nSPS) is 10.2. The Morgan fingerprint density at radius 3 is 1.18 bits per heavy atom. The first-order valence-corrected chi connectivity index (χ1v) is 13.4. The standard InChI is InChI=1S/2C15H12BrNO3/c2*16-11-6-4-9(5-7-11)15(20)12-3-1-2-10(14(12)17)8-13(18)19/h2*1-7H,8,17H2,(H,18,19). The van der Waals surface area contributed by atoms with Crippen molar-refractivity contribution in [2.45, 2.75) is 12.8 Å². The second-order valence-corrected chi connectivity index (χ2v) is 10.4. The highest BCUT2D eigenvalue weighted by Gasteiger charge is 2.17. The van der Waals surface area contributed by atoms with Gasteiger partial charge in [-0.25, -0.2) is 0 Å². The fraction of sp³-hybridized carbons (Fsp3) is 0.0667. The number of hydrogen-bond acceptors (Lipinski definition) is 6. The molecule has 0 saturated carbocycles. The zero-order valence-corrected chi connectivity index (χ0v) is 24.1. The maximum Gasteiger partial charge on any atom is 0.307 e. The summed E-state index contributed by atoms with van der Waals surface area (Å²) >= 11 is 6.61. The Morgan fingerprint density at radius 1 is 0.550 bits per heavy atom. The summed E-state index contributed by atoms with van der Waals surface area (Å²) in [4.78, 5) is 46.3. The average Bonchev–Trinajstić information content (AvgIpc) is 2.91. The highest BCUT2D eigenvalue weighted by atomic mass is 79.9. The molecule has 0 radical (unpaired) electrons. The van der Waals surface area contributed by atoms with E-state index in [-0.39, 0.29) is 35.8 Å². The van der Waals surface area contributed by atoms with Crippen LogP contribution < -0.4 is 11.5 Å². The predicted molar refractivity (Wildman–Crippen MR) is 160 cm³/mol. The van der Waals surface area contributed by atoms with Crippen molar-refractivity contribution in [3.63, 3.8) is 0 Å². The van der Waals surface area contributed by atoms with E-state index in [1.54, 1.807) is 84.9 Å². The Morgan fingerprint density at radius 2 is 0.875 bits per heavy atom. The van der Waals surface area contributed by atoms with E-state index >= 15 is 0 Å². The molecule has 0 unspecified atom stereocenters. The van der Waals surface area contributed by atoms with Gasteiger partial charge in [-0.05, 0) is 71.8 Å². The molecule has 0 aliphatic rings. The summed E-state index contributed by atoms with van der Waals surface area (Å²) < 4.78 is 1.75. The van der Waals surface area contributed by atoms with E-state index in [4.69, 9.17) is 21.7 Å². The molecule has 4 rings (SSSR count). The molecule has 0 aliphatic heterocycles. The number of rotatable bonds is 8. The topological polar surface area (TPSA) is 161 Å². The van der Waals surface area contributed by atoms with Crippen molar-refractivity contribution >= 4 is 66.7 Å². The molecule has 0 saturated heterocycles. The van der Waals surface area contributed by atoms with E-state index in [2.05, 4.69) is 31.9 Å². The lowest BCUT2D eigenvalue weighted by Crippen LogP contribution is -2.10. The summed E-state index contributed by atoms with van der Waals surface area (Å²) in [5.41, 5.74) is 14.8. The molecule has 4 aromatic carbocycles. The monoisotopic (exact) mass is 666 g/mol. The number of para-hydroxylation sites is 2. The van der Waals surface area contributed by atoms with Crippen molar-refractivity contribution in [2.24, 2.45) is 0 Å². The number of hydrogen-bond donors (Lipinski definition) is 4. The number of carboxylic acid groups (broad SMARTS) is 2. The van der Waals surface area contributed by atoms with Gasteiger partial charge < -0.3 is 21.7 Å². The second-order valence-electron chi connectivity index (χ2n) is 8.57. The third-order valence-electron chi connectivity index (χ3n) is 5.78. The first-order valence-electron chi connectivity index (χ1n) is 11.8. The van der Waals surface area contributed by atoms with E-state index in [1.165, 1.54) is 0 Å². The Hall–Kier alpha value is -4.28. The molecule has 0 heterocycles. The van der Waals surface area contributed by atoms with Gasteiger partial charge in [0.15, 0.2) is 11.6 Å². The van der Waals surface area contributed by atoms with Crippen LogP contribution in [0.3, 0.4) is 0 Å². The summed E-state index contributed by atoms with van der Waals surface area (Å²) in [6.45, 7) is 0. The number of halogens is 2. The Labute approximate surface area is 246 Å². The van der Waals surface area contributed by atoms with E-state index < -0.39 is 11.9 Å². The van der Waals surface area contributed by atoms with Gasteiger partial charge in [0, 0.05) is 42.6 Å². The van der Waals surface area contributed by atoms with Crippen LogP contribution in [-0.2, 0) is 22.4 Å². The highest BCUT2D eigenvalue weighted by molar-refractivity contribution is 9.10. The number of carboxylic acids is 2. The number of nitrogens with two attached hydrogens (primary N) is 2. The van der Waals surface area contributed by atoms with Crippen LogP contribution in [-0.4, -0.2) is 33.7 Å². The fourth-order valence-corrected chi connectivity index (χ4v) is 4.30. The van der Waals surface area contributed by atoms with Gasteiger partial charge in [0.05, 0.1) is 12.8 Å². The molecule has 0 aromatic heterocycles. The summed E-state index contributed by atoms with van der Waals surface area (Å²) in [6, 6.07) is 23.5. The third-order valence-corrected chi connectivity index (χ3v) is 6.84. The molecule has 0 aliphatic carbocycles. The van der Waals surface area contributed by atoms with E-state index in [0.29, 0.717) is 33.4 Å². The highest BCUT2D eigenvalue weighted by Crippen LogP contribution is 2.24. The number of carbonyl (C=O) groups excluding carboxylic acids is 2. The molecule has 0 spiro atoms. The van der Waals surface area contributed by atoms with Crippen LogP contribution in [0.5, 0.6) is 0 Å². The van der Waals surface area contributed by atoms with E-state index in [9.17, 15) is 19.2 Å². The average molecular weight is 668 g/mol. The maximum absolute atomic E-state index is 12.4. The van der Waals surface area contributed by atoms with Crippen molar-refractivity contribution in [3.05, 3.63) is 127 Å². The molecule has 4 aromatic rings. The van der Waals surface area contributed by atoms with Gasteiger partial charge in [-0.3, -0.25) is 19.2 Å². The number of aliphatic carboxylic acids is 2. The number of ketones is 2. The first-order chi connectivity index (χ1) is 19.0. The smallest absolute Gasteiger partial charge is 0.307 e. The number of carbonyl (C=O) groups is 4. The van der Waals surface area contributed by atoms with E-state index in [0.717, 1.165) is 8.95 Å². The molecular weight excluding hydrogens is 644 g/mol. The van der Waals surface area contributed by atoms with Gasteiger partial charge >= 0.3 is 11.9 Å². The molecular formula is C30H24Br2N2O6. The van der Waals surface area contributed by atoms with Crippen LogP contribution in [0.1, 0.15) is 43.0 Å². The van der Waals surface area contributed by atoms with Gasteiger partial charge in [-0.15, -0.1) is 0 Å². The van der Waals surface area contributed by atoms with Gasteiger partial charge in [0.2, 0.25) is 0 Å². The van der Waals surface area contributed by atoms with Crippen molar-refractivity contribution in [2.75, 3.05) is 11.5 Å². The number of anilines is 2. The minimum absolute atomic E-state index is 0.201. The quantitative estimate of drug-likeness (QED) is 0.136. The van der Waals surface area contributed by atoms with Crippen LogP contribution in [0, 0.1) is 0 Å². The van der Waals surface area contributed by atoms with Gasteiger partial charge in [0.25, 0.3) is 0 Å². The molecule has 8 nitrogen and oxygen atoms in total. The molecule has 0 bridgehead atoms. The SMILES string of the molecule is Nc1c(CC(=O)O)cccc1C(=O)c1ccc(Br)cc1.Nc1c(CC(=O)O)cccc1C(=O)c1ccc(Br)cc1. The Balaban J connectivity index is 0.000000220. The van der Waals surface area contributed by atoms with Crippen LogP contribution in [0.25, 0.3) is 0 Å². The van der Waals surface area contributed by atoms with Crippen LogP contribution in [0.2, 0.25) is 0 Å². The first kappa shape index (κ1) is 30.3. The Bertz CT molecular complexity index is 1450. The minimum Gasteiger partial charge on any atom is -0.481 e. The molecule has 10 heteroatoms. The van der Waals surface area contributed by atoms with Crippen LogP contribution in [0.15, 0.2) is 93.9 Å². The minimum atomic E-state index is -0.982. The molecule has 0 fully saturated rings. The molecule has 40 heavy (non-hydrogen) atoms. The van der Waals surface area contributed by atoms with Crippen LogP contribution in [0.4, 0.5) is 11.4 Å². The van der Waals surface area contributed by atoms with Crippen molar-refractivity contribution < 1.29 is 29.4 Å². The van der Waals surface area contributed by atoms with Gasteiger partial charge in [-0.2, -0.15) is 0 Å². The van der Waals surface area contributed by atoms with E-state index in [1.807, 2.05) is 0 Å². The third kappa shape index (κ3) is 7.87. The zero-order chi connectivity index (χ0) is 29.4. The molecule has 0 amide bonds. The lowest BCUT2D eigenvalue weighted by Gasteiger charge is -2.09. The summed E-state index contributed by atoms with van der Waals surface area (Å²) in [7, 11) is 0. The molecule has 6 N–H and O–H groups in total.